The summed E-state index contributed by atoms with van der Waals surface area (Å²) in [6.45, 7) is 2.32. The lowest BCUT2D eigenvalue weighted by molar-refractivity contribution is 0.0790. The molecule has 0 bridgehead atoms. The molecule has 4 nitrogen and oxygen atoms in total. The van der Waals surface area contributed by atoms with Crippen LogP contribution in [0.4, 0.5) is 4.39 Å². The van der Waals surface area contributed by atoms with E-state index in [9.17, 15) is 4.39 Å². The van der Waals surface area contributed by atoms with Crippen molar-refractivity contribution in [3.63, 3.8) is 0 Å². The molecule has 98 valence electrons. The number of ether oxygens (including phenoxy) is 2. The monoisotopic (exact) mass is 254 g/mol. The van der Waals surface area contributed by atoms with E-state index in [0.29, 0.717) is 24.7 Å². The molecule has 0 spiro atoms. The summed E-state index contributed by atoms with van der Waals surface area (Å²) in [6, 6.07) is 3.95. The van der Waals surface area contributed by atoms with Crippen molar-refractivity contribution in [2.24, 2.45) is 5.92 Å². The zero-order chi connectivity index (χ0) is 13.0. The van der Waals surface area contributed by atoms with E-state index < -0.39 is 12.9 Å². The number of rotatable bonds is 5. The average molecular weight is 254 g/mol. The van der Waals surface area contributed by atoms with Gasteiger partial charge in [0.2, 0.25) is 0 Å². The van der Waals surface area contributed by atoms with Gasteiger partial charge in [0.25, 0.3) is 0 Å². The van der Waals surface area contributed by atoms with Gasteiger partial charge in [-0.05, 0) is 29.6 Å². The molecule has 6 heteroatoms. The lowest BCUT2D eigenvalue weighted by atomic mass is 9.79. The van der Waals surface area contributed by atoms with Crippen LogP contribution in [0.5, 0.6) is 0 Å². The highest BCUT2D eigenvalue weighted by Crippen LogP contribution is 2.13. The van der Waals surface area contributed by atoms with Crippen molar-refractivity contribution in [2.75, 3.05) is 19.8 Å². The van der Waals surface area contributed by atoms with Gasteiger partial charge >= 0.3 is 7.12 Å². The predicted octanol–water partition coefficient (Wildman–Crippen LogP) is 0.0586. The molecular weight excluding hydrogens is 238 g/mol. The summed E-state index contributed by atoms with van der Waals surface area (Å²) in [4.78, 5) is 0. The minimum absolute atomic E-state index is 0.137. The average Bonchev–Trinajstić information content (AvgIpc) is 2.81. The summed E-state index contributed by atoms with van der Waals surface area (Å²) >= 11 is 0. The lowest BCUT2D eigenvalue weighted by Gasteiger charge is -2.10. The molecular formula is C12H16BFO4. The summed E-state index contributed by atoms with van der Waals surface area (Å²) in [5.41, 5.74) is 0.731. The molecule has 0 radical (unpaired) electrons. The molecule has 1 aliphatic rings. The van der Waals surface area contributed by atoms with Crippen molar-refractivity contribution in [3.8, 4) is 0 Å². The molecule has 0 saturated carbocycles. The molecule has 2 N–H and O–H groups in total. The van der Waals surface area contributed by atoms with Crippen LogP contribution in [0.2, 0.25) is 0 Å². The van der Waals surface area contributed by atoms with Crippen LogP contribution in [-0.2, 0) is 16.1 Å². The summed E-state index contributed by atoms with van der Waals surface area (Å²) in [7, 11) is -1.66. The fraction of sp³-hybridized carbons (Fsp3) is 0.500. The first-order valence-electron chi connectivity index (χ1n) is 5.96. The smallest absolute Gasteiger partial charge is 0.423 e. The van der Waals surface area contributed by atoms with Crippen LogP contribution in [0, 0.1) is 11.7 Å². The van der Waals surface area contributed by atoms with Gasteiger partial charge in [-0.25, -0.2) is 4.39 Å². The molecule has 1 aliphatic heterocycles. The summed E-state index contributed by atoms with van der Waals surface area (Å²) < 4.78 is 23.9. The van der Waals surface area contributed by atoms with Crippen molar-refractivity contribution < 1.29 is 23.9 Å². The predicted molar refractivity (Wildman–Crippen MR) is 64.8 cm³/mol. The zero-order valence-electron chi connectivity index (χ0n) is 10.0. The Morgan fingerprint density at radius 2 is 2.22 bits per heavy atom. The van der Waals surface area contributed by atoms with Gasteiger partial charge in [-0.1, -0.05) is 6.07 Å². The van der Waals surface area contributed by atoms with Gasteiger partial charge in [-0.15, -0.1) is 0 Å². The maximum Gasteiger partial charge on any atom is 0.488 e. The Morgan fingerprint density at radius 3 is 2.89 bits per heavy atom. The first-order valence-corrected chi connectivity index (χ1v) is 5.96. The standard InChI is InChI=1S/C12H16BFO4/c14-12-4-10(3-11(5-12)13(15)16)8-18-7-9-1-2-17-6-9/h3-5,9,15-16H,1-2,6-8H2. The first kappa shape index (κ1) is 13.5. The highest BCUT2D eigenvalue weighted by Gasteiger charge is 2.16. The van der Waals surface area contributed by atoms with Crippen LogP contribution in [0.25, 0.3) is 0 Å². The van der Waals surface area contributed by atoms with Crippen LogP contribution >= 0.6 is 0 Å². The third-order valence-corrected chi connectivity index (χ3v) is 2.92. The van der Waals surface area contributed by atoms with E-state index in [1.165, 1.54) is 12.1 Å². The fourth-order valence-corrected chi connectivity index (χ4v) is 1.97. The second kappa shape index (κ2) is 6.29. The zero-order valence-corrected chi connectivity index (χ0v) is 10.0. The molecule has 1 fully saturated rings. The third kappa shape index (κ3) is 3.78. The van der Waals surface area contributed by atoms with Crippen LogP contribution < -0.4 is 5.46 Å². The van der Waals surface area contributed by atoms with Gasteiger partial charge in [-0.3, -0.25) is 0 Å². The number of benzene rings is 1. The van der Waals surface area contributed by atoms with Gasteiger partial charge < -0.3 is 19.5 Å². The number of hydrogen-bond donors (Lipinski definition) is 2. The number of halogens is 1. The van der Waals surface area contributed by atoms with Crippen LogP contribution in [-0.4, -0.2) is 37.0 Å². The molecule has 0 aliphatic carbocycles. The lowest BCUT2D eigenvalue weighted by Crippen LogP contribution is -2.30. The molecule has 1 aromatic rings. The summed E-state index contributed by atoms with van der Waals surface area (Å²) in [5, 5.41) is 18.0. The molecule has 1 heterocycles. The van der Waals surface area contributed by atoms with Gasteiger partial charge in [0.05, 0.1) is 19.8 Å². The fourth-order valence-electron chi connectivity index (χ4n) is 1.97. The summed E-state index contributed by atoms with van der Waals surface area (Å²) in [5.74, 6) is -0.0927. The molecule has 1 unspecified atom stereocenters. The van der Waals surface area contributed by atoms with Crippen LogP contribution in [0.1, 0.15) is 12.0 Å². The molecule has 1 atom stereocenters. The van der Waals surface area contributed by atoms with Crippen molar-refractivity contribution in [2.45, 2.75) is 13.0 Å². The van der Waals surface area contributed by atoms with E-state index in [1.54, 1.807) is 0 Å². The Kier molecular flexibility index (Phi) is 4.71. The Hall–Kier alpha value is -0.945. The third-order valence-electron chi connectivity index (χ3n) is 2.92. The summed E-state index contributed by atoms with van der Waals surface area (Å²) in [6.07, 6.45) is 0.990. The van der Waals surface area contributed by atoms with Crippen LogP contribution in [0.3, 0.4) is 0 Å². The maximum absolute atomic E-state index is 13.2. The largest absolute Gasteiger partial charge is 0.488 e. The highest BCUT2D eigenvalue weighted by atomic mass is 19.1. The molecule has 1 saturated heterocycles. The molecule has 0 aromatic heterocycles. The minimum Gasteiger partial charge on any atom is -0.423 e. The Morgan fingerprint density at radius 1 is 1.39 bits per heavy atom. The van der Waals surface area contributed by atoms with Gasteiger partial charge in [0.15, 0.2) is 0 Å². The van der Waals surface area contributed by atoms with E-state index in [1.807, 2.05) is 0 Å². The van der Waals surface area contributed by atoms with E-state index >= 15 is 0 Å². The maximum atomic E-state index is 13.2. The molecule has 1 aromatic carbocycles. The molecule has 2 rings (SSSR count). The van der Waals surface area contributed by atoms with E-state index in [0.717, 1.165) is 19.1 Å². The van der Waals surface area contributed by atoms with E-state index in [2.05, 4.69) is 0 Å². The van der Waals surface area contributed by atoms with Crippen LogP contribution in [0.15, 0.2) is 18.2 Å². The van der Waals surface area contributed by atoms with Gasteiger partial charge in [-0.2, -0.15) is 0 Å². The Bertz CT molecular complexity index is 394. The van der Waals surface area contributed by atoms with E-state index in [4.69, 9.17) is 19.5 Å². The molecule has 0 amide bonds. The Balaban J connectivity index is 1.88. The van der Waals surface area contributed by atoms with Gasteiger partial charge in [0, 0.05) is 12.5 Å². The second-order valence-electron chi connectivity index (χ2n) is 4.51. The van der Waals surface area contributed by atoms with Crippen molar-refractivity contribution >= 4 is 12.6 Å². The minimum atomic E-state index is -1.66. The van der Waals surface area contributed by atoms with Crippen molar-refractivity contribution in [3.05, 3.63) is 29.6 Å². The van der Waals surface area contributed by atoms with Crippen molar-refractivity contribution in [1.29, 1.82) is 0 Å². The first-order chi connectivity index (χ1) is 8.65. The van der Waals surface area contributed by atoms with E-state index in [-0.39, 0.29) is 12.1 Å². The van der Waals surface area contributed by atoms with Crippen molar-refractivity contribution in [1.82, 2.24) is 0 Å². The Labute approximate surface area is 105 Å². The second-order valence-corrected chi connectivity index (χ2v) is 4.51. The quantitative estimate of drug-likeness (QED) is 0.729. The normalized spacial score (nSPS) is 19.2. The van der Waals surface area contributed by atoms with Gasteiger partial charge in [0.1, 0.15) is 5.82 Å². The molecule has 18 heavy (non-hydrogen) atoms. The number of hydrogen-bond acceptors (Lipinski definition) is 4. The topological polar surface area (TPSA) is 58.9 Å². The SMILES string of the molecule is OB(O)c1cc(F)cc(COCC2CCOC2)c1. The highest BCUT2D eigenvalue weighted by molar-refractivity contribution is 6.58.